The van der Waals surface area contributed by atoms with E-state index in [1.807, 2.05) is 0 Å². The average molecular weight is 214 g/mol. The van der Waals surface area contributed by atoms with Gasteiger partial charge in [-0.05, 0) is 12.8 Å². The molecule has 0 radical (unpaired) electrons. The summed E-state index contributed by atoms with van der Waals surface area (Å²) in [4.78, 5) is 22.0. The summed E-state index contributed by atoms with van der Waals surface area (Å²) in [7, 11) is 0. The topological polar surface area (TPSA) is 131 Å². The van der Waals surface area contributed by atoms with Crippen molar-refractivity contribution in [1.29, 1.82) is 0 Å². The summed E-state index contributed by atoms with van der Waals surface area (Å²) >= 11 is 0. The number of amides is 2. The molecule has 0 bridgehead atoms. The second kappa shape index (κ2) is 4.16. The maximum absolute atomic E-state index is 11.6. The van der Waals surface area contributed by atoms with Gasteiger partial charge >= 0.3 is 0 Å². The molecule has 1 aliphatic rings. The Morgan fingerprint density at radius 1 is 1.40 bits per heavy atom. The Hall–Kier alpha value is -1.79. The molecule has 0 saturated heterocycles. The van der Waals surface area contributed by atoms with E-state index in [1.54, 1.807) is 0 Å². The van der Waals surface area contributed by atoms with Crippen molar-refractivity contribution in [3.8, 4) is 0 Å². The van der Waals surface area contributed by atoms with Gasteiger partial charge in [0.25, 0.3) is 0 Å². The molecule has 0 aromatic carbocycles. The van der Waals surface area contributed by atoms with Gasteiger partial charge in [0.2, 0.25) is 11.8 Å². The zero-order valence-corrected chi connectivity index (χ0v) is 8.19. The van der Waals surface area contributed by atoms with Crippen LogP contribution < -0.4 is 16.8 Å². The van der Waals surface area contributed by atoms with Crippen LogP contribution in [-0.4, -0.2) is 29.4 Å². The van der Waals surface area contributed by atoms with Crippen molar-refractivity contribution in [2.45, 2.75) is 19.3 Å². The number of hydrogen-bond donors (Lipinski definition) is 4. The smallest absolute Gasteiger partial charge is 0.233 e. The number of rotatable bonds is 5. The third kappa shape index (κ3) is 2.36. The second-order valence-corrected chi connectivity index (χ2v) is 3.54. The van der Waals surface area contributed by atoms with Crippen LogP contribution in [0, 0.1) is 5.41 Å². The third-order valence-corrected chi connectivity index (χ3v) is 2.44. The van der Waals surface area contributed by atoms with E-state index in [0.29, 0.717) is 12.8 Å². The van der Waals surface area contributed by atoms with Gasteiger partial charge in [0.1, 0.15) is 5.41 Å². The monoisotopic (exact) mass is 214 g/mol. The van der Waals surface area contributed by atoms with Gasteiger partial charge in [-0.15, -0.1) is 0 Å². The van der Waals surface area contributed by atoms with Crippen molar-refractivity contribution < 1.29 is 14.8 Å². The molecular weight excluding hydrogens is 200 g/mol. The van der Waals surface area contributed by atoms with Crippen LogP contribution in [-0.2, 0) is 9.59 Å². The fraction of sp³-hybridized carbons (Fsp3) is 0.625. The molecule has 1 saturated carbocycles. The predicted octanol–water partition coefficient (Wildman–Crippen LogP) is -1.50. The van der Waals surface area contributed by atoms with Gasteiger partial charge in [-0.25, -0.2) is 0 Å². The minimum Gasteiger partial charge on any atom is -0.409 e. The lowest BCUT2D eigenvalue weighted by Crippen LogP contribution is -2.41. The highest BCUT2D eigenvalue weighted by atomic mass is 16.4. The van der Waals surface area contributed by atoms with E-state index in [1.165, 1.54) is 0 Å². The molecule has 7 heteroatoms. The highest BCUT2D eigenvalue weighted by molar-refractivity contribution is 6.09. The number of amidine groups is 1. The first-order valence-corrected chi connectivity index (χ1v) is 4.57. The van der Waals surface area contributed by atoms with E-state index in [-0.39, 0.29) is 24.7 Å². The molecule has 1 rings (SSSR count). The third-order valence-electron chi connectivity index (χ3n) is 2.44. The van der Waals surface area contributed by atoms with E-state index in [4.69, 9.17) is 16.7 Å². The Labute approximate surface area is 86.5 Å². The van der Waals surface area contributed by atoms with Gasteiger partial charge in [0.15, 0.2) is 5.84 Å². The molecule has 7 nitrogen and oxygen atoms in total. The molecule has 2 amide bonds. The van der Waals surface area contributed by atoms with Gasteiger partial charge in [-0.2, -0.15) is 0 Å². The Morgan fingerprint density at radius 2 is 2.00 bits per heavy atom. The van der Waals surface area contributed by atoms with Crippen molar-refractivity contribution in [3.05, 3.63) is 0 Å². The summed E-state index contributed by atoms with van der Waals surface area (Å²) in [6.45, 7) is 0.175. The molecule has 1 fully saturated rings. The van der Waals surface area contributed by atoms with E-state index >= 15 is 0 Å². The molecule has 15 heavy (non-hydrogen) atoms. The summed E-state index contributed by atoms with van der Waals surface area (Å²) in [5, 5.41) is 13.8. The molecule has 0 spiro atoms. The van der Waals surface area contributed by atoms with Gasteiger partial charge in [0, 0.05) is 13.0 Å². The first kappa shape index (κ1) is 11.3. The van der Waals surface area contributed by atoms with E-state index < -0.39 is 11.3 Å². The lowest BCUT2D eigenvalue weighted by atomic mass is 10.1. The first-order chi connectivity index (χ1) is 7.03. The Kier molecular flexibility index (Phi) is 3.13. The maximum Gasteiger partial charge on any atom is 0.233 e. The standard InChI is InChI=1S/C8H14N4O3/c9-5(13)1-4-11-7(14)8(2-3-8)6(10)12-15/h15H,1-4H2,(H2,9,13)(H2,10,12)(H,11,14). The number of nitrogens with zero attached hydrogens (tertiary/aromatic N) is 1. The van der Waals surface area contributed by atoms with Crippen LogP contribution in [0.15, 0.2) is 5.16 Å². The molecule has 0 unspecified atom stereocenters. The zero-order valence-electron chi connectivity index (χ0n) is 8.19. The summed E-state index contributed by atoms with van der Waals surface area (Å²) in [6, 6.07) is 0. The summed E-state index contributed by atoms with van der Waals surface area (Å²) in [5.74, 6) is -0.887. The van der Waals surface area contributed by atoms with Crippen molar-refractivity contribution in [2.75, 3.05) is 6.54 Å². The van der Waals surface area contributed by atoms with E-state index in [2.05, 4.69) is 10.5 Å². The zero-order chi connectivity index (χ0) is 11.5. The molecule has 0 aliphatic heterocycles. The van der Waals surface area contributed by atoms with Crippen LogP contribution >= 0.6 is 0 Å². The lowest BCUT2D eigenvalue weighted by molar-refractivity contribution is -0.124. The molecule has 0 heterocycles. The number of nitrogens with two attached hydrogens (primary N) is 2. The number of carbonyl (C=O) groups is 2. The number of carbonyl (C=O) groups excluding carboxylic acids is 2. The Bertz CT molecular complexity index is 309. The number of nitrogens with one attached hydrogen (secondary N) is 1. The Morgan fingerprint density at radius 3 is 2.40 bits per heavy atom. The SMILES string of the molecule is NC(=O)CCNC(=O)C1(C(N)=NO)CC1. The van der Waals surface area contributed by atoms with Gasteiger partial charge in [-0.1, -0.05) is 5.16 Å². The van der Waals surface area contributed by atoms with Crippen LogP contribution in [0.3, 0.4) is 0 Å². The quantitative estimate of drug-likeness (QED) is 0.192. The average Bonchev–Trinajstić information content (AvgIpc) is 2.96. The summed E-state index contributed by atoms with van der Waals surface area (Å²) in [5.41, 5.74) is 9.44. The van der Waals surface area contributed by atoms with Gasteiger partial charge < -0.3 is 22.0 Å². The number of oxime groups is 1. The van der Waals surface area contributed by atoms with Gasteiger partial charge in [-0.3, -0.25) is 9.59 Å². The maximum atomic E-state index is 11.6. The van der Waals surface area contributed by atoms with Crippen molar-refractivity contribution in [3.63, 3.8) is 0 Å². The normalized spacial score (nSPS) is 18.3. The number of hydrogen-bond acceptors (Lipinski definition) is 4. The van der Waals surface area contributed by atoms with Crippen LogP contribution in [0.2, 0.25) is 0 Å². The molecule has 0 aromatic rings. The van der Waals surface area contributed by atoms with Crippen molar-refractivity contribution >= 4 is 17.6 Å². The van der Waals surface area contributed by atoms with Gasteiger partial charge in [0.05, 0.1) is 0 Å². The minimum atomic E-state index is -0.869. The Balaban J connectivity index is 2.44. The fourth-order valence-corrected chi connectivity index (χ4v) is 1.29. The summed E-state index contributed by atoms with van der Waals surface area (Å²) in [6.07, 6.45) is 1.20. The fourth-order valence-electron chi connectivity index (χ4n) is 1.29. The molecular formula is C8H14N4O3. The van der Waals surface area contributed by atoms with E-state index in [0.717, 1.165) is 0 Å². The van der Waals surface area contributed by atoms with Crippen molar-refractivity contribution in [2.24, 2.45) is 22.0 Å². The summed E-state index contributed by atoms with van der Waals surface area (Å²) < 4.78 is 0. The van der Waals surface area contributed by atoms with Crippen LogP contribution in [0.1, 0.15) is 19.3 Å². The highest BCUT2D eigenvalue weighted by Gasteiger charge is 2.54. The molecule has 6 N–H and O–H groups in total. The second-order valence-electron chi connectivity index (χ2n) is 3.54. The van der Waals surface area contributed by atoms with Crippen LogP contribution in [0.4, 0.5) is 0 Å². The first-order valence-electron chi connectivity index (χ1n) is 4.57. The van der Waals surface area contributed by atoms with Crippen LogP contribution in [0.5, 0.6) is 0 Å². The van der Waals surface area contributed by atoms with Crippen molar-refractivity contribution in [1.82, 2.24) is 5.32 Å². The minimum absolute atomic E-state index is 0.0813. The molecule has 84 valence electrons. The van der Waals surface area contributed by atoms with E-state index in [9.17, 15) is 9.59 Å². The van der Waals surface area contributed by atoms with Crippen LogP contribution in [0.25, 0.3) is 0 Å². The number of primary amides is 1. The molecule has 1 aliphatic carbocycles. The predicted molar refractivity (Wildman–Crippen MR) is 51.9 cm³/mol. The molecule has 0 atom stereocenters. The molecule has 0 aromatic heterocycles. The highest BCUT2D eigenvalue weighted by Crippen LogP contribution is 2.45. The largest absolute Gasteiger partial charge is 0.409 e. The lowest BCUT2D eigenvalue weighted by Gasteiger charge is -2.12.